The minimum Gasteiger partial charge on any atom is -0.508 e. The van der Waals surface area contributed by atoms with Crippen LogP contribution in [-0.2, 0) is 12.8 Å². The van der Waals surface area contributed by atoms with Gasteiger partial charge in [0.15, 0.2) is 5.78 Å². The van der Waals surface area contributed by atoms with Gasteiger partial charge < -0.3 is 5.11 Å². The second-order valence-corrected chi connectivity index (χ2v) is 5.45. The van der Waals surface area contributed by atoms with Crippen LogP contribution in [0.5, 0.6) is 5.75 Å². The van der Waals surface area contributed by atoms with Crippen molar-refractivity contribution in [1.82, 2.24) is 0 Å². The second kappa shape index (κ2) is 7.81. The largest absolute Gasteiger partial charge is 0.508 e. The number of hydrogen-bond acceptors (Lipinski definition) is 2. The number of aryl methyl sites for hydroxylation is 2. The van der Waals surface area contributed by atoms with Crippen molar-refractivity contribution < 1.29 is 9.90 Å². The van der Waals surface area contributed by atoms with Crippen molar-refractivity contribution in [2.75, 3.05) is 5.88 Å². The van der Waals surface area contributed by atoms with Gasteiger partial charge in [-0.25, -0.2) is 0 Å². The summed E-state index contributed by atoms with van der Waals surface area (Å²) >= 11 is 5.70. The third-order valence-corrected chi connectivity index (χ3v) is 3.73. The maximum absolute atomic E-state index is 12.2. The molecule has 114 valence electrons. The Hall–Kier alpha value is -2.06. The molecule has 0 saturated heterocycles. The van der Waals surface area contributed by atoms with E-state index in [9.17, 15) is 9.90 Å². The molecule has 0 atom stereocenters. The first-order valence-electron chi connectivity index (χ1n) is 7.33. The van der Waals surface area contributed by atoms with Gasteiger partial charge in [0.05, 0.1) is 0 Å². The quantitative estimate of drug-likeness (QED) is 0.479. The van der Waals surface area contributed by atoms with Crippen molar-refractivity contribution in [3.05, 3.63) is 70.8 Å². The number of halogens is 1. The number of phenolic OH excluding ortho intramolecular Hbond substituents is 1. The number of benzene rings is 2. The van der Waals surface area contributed by atoms with Crippen molar-refractivity contribution in [3.63, 3.8) is 0 Å². The zero-order valence-electron chi connectivity index (χ0n) is 12.6. The van der Waals surface area contributed by atoms with Gasteiger partial charge in [-0.05, 0) is 53.8 Å². The number of alkyl halides is 1. The highest BCUT2D eigenvalue weighted by Gasteiger charge is 2.07. The van der Waals surface area contributed by atoms with Crippen LogP contribution in [0.4, 0.5) is 0 Å². The number of rotatable bonds is 6. The Balaban J connectivity index is 2.13. The molecular formula is C19H19ClO2. The lowest BCUT2D eigenvalue weighted by Crippen LogP contribution is -1.97. The first-order chi connectivity index (χ1) is 10.6. The lowest BCUT2D eigenvalue weighted by Gasteiger charge is -2.04. The summed E-state index contributed by atoms with van der Waals surface area (Å²) in [6.45, 7) is 2.11. The van der Waals surface area contributed by atoms with Crippen LogP contribution in [0.15, 0.2) is 48.5 Å². The van der Waals surface area contributed by atoms with E-state index in [0.717, 1.165) is 12.0 Å². The highest BCUT2D eigenvalue weighted by Crippen LogP contribution is 2.20. The van der Waals surface area contributed by atoms with Crippen molar-refractivity contribution in [1.29, 1.82) is 0 Å². The molecule has 0 aliphatic heterocycles. The van der Waals surface area contributed by atoms with E-state index in [1.165, 1.54) is 5.56 Å². The fourth-order valence-electron chi connectivity index (χ4n) is 2.17. The van der Waals surface area contributed by atoms with E-state index in [4.69, 9.17) is 11.6 Å². The number of allylic oxidation sites excluding steroid dienone is 1. The van der Waals surface area contributed by atoms with E-state index in [0.29, 0.717) is 23.4 Å². The summed E-state index contributed by atoms with van der Waals surface area (Å²) in [5.41, 5.74) is 3.51. The number of phenols is 1. The van der Waals surface area contributed by atoms with E-state index in [-0.39, 0.29) is 11.5 Å². The average Bonchev–Trinajstić information content (AvgIpc) is 2.55. The Kier molecular flexibility index (Phi) is 5.79. The monoisotopic (exact) mass is 314 g/mol. The van der Waals surface area contributed by atoms with Gasteiger partial charge in [0.2, 0.25) is 0 Å². The average molecular weight is 315 g/mol. The van der Waals surface area contributed by atoms with E-state index in [2.05, 4.69) is 19.1 Å². The van der Waals surface area contributed by atoms with E-state index in [1.54, 1.807) is 30.4 Å². The van der Waals surface area contributed by atoms with Crippen LogP contribution in [-0.4, -0.2) is 16.8 Å². The molecule has 2 rings (SSSR count). The highest BCUT2D eigenvalue weighted by atomic mass is 35.5. The molecule has 0 aliphatic rings. The van der Waals surface area contributed by atoms with Gasteiger partial charge in [0.25, 0.3) is 0 Å². The van der Waals surface area contributed by atoms with Crippen LogP contribution in [0, 0.1) is 0 Å². The van der Waals surface area contributed by atoms with Crippen LogP contribution < -0.4 is 0 Å². The van der Waals surface area contributed by atoms with Gasteiger partial charge >= 0.3 is 0 Å². The van der Waals surface area contributed by atoms with Gasteiger partial charge in [-0.3, -0.25) is 4.79 Å². The third kappa shape index (κ3) is 4.22. The molecular weight excluding hydrogens is 296 g/mol. The predicted octanol–water partition coefficient (Wildman–Crippen LogP) is 4.63. The lowest BCUT2D eigenvalue weighted by molar-refractivity contribution is 0.104. The molecule has 3 heteroatoms. The molecule has 22 heavy (non-hydrogen) atoms. The molecule has 0 heterocycles. The number of aromatic hydroxyl groups is 1. The SMILES string of the molecule is CCc1ccc(C=CC(=O)c2ccc(O)c(CCCl)c2)cc1. The van der Waals surface area contributed by atoms with Crippen LogP contribution in [0.1, 0.15) is 34.0 Å². The maximum atomic E-state index is 12.2. The molecule has 2 aromatic carbocycles. The van der Waals surface area contributed by atoms with E-state index >= 15 is 0 Å². The van der Waals surface area contributed by atoms with Crippen molar-refractivity contribution in [2.24, 2.45) is 0 Å². The van der Waals surface area contributed by atoms with Crippen molar-refractivity contribution >= 4 is 23.5 Å². The van der Waals surface area contributed by atoms with Gasteiger partial charge in [0, 0.05) is 11.4 Å². The van der Waals surface area contributed by atoms with Crippen LogP contribution in [0.25, 0.3) is 6.08 Å². The molecule has 2 nitrogen and oxygen atoms in total. The smallest absolute Gasteiger partial charge is 0.185 e. The molecule has 2 aromatic rings. The molecule has 0 aliphatic carbocycles. The minimum atomic E-state index is -0.0876. The Labute approximate surface area is 136 Å². The number of carbonyl (C=O) groups is 1. The number of hydrogen-bond donors (Lipinski definition) is 1. The summed E-state index contributed by atoms with van der Waals surface area (Å²) in [4.78, 5) is 12.2. The van der Waals surface area contributed by atoms with E-state index in [1.807, 2.05) is 12.1 Å². The van der Waals surface area contributed by atoms with Gasteiger partial charge in [-0.1, -0.05) is 37.3 Å². The van der Waals surface area contributed by atoms with Crippen molar-refractivity contribution in [3.8, 4) is 5.75 Å². The Morgan fingerprint density at radius 3 is 2.55 bits per heavy atom. The van der Waals surface area contributed by atoms with E-state index < -0.39 is 0 Å². The normalized spacial score (nSPS) is 11.0. The molecule has 0 saturated carbocycles. The van der Waals surface area contributed by atoms with Crippen LogP contribution in [0.2, 0.25) is 0 Å². The molecule has 0 amide bonds. The summed E-state index contributed by atoms with van der Waals surface area (Å²) in [5, 5.41) is 9.72. The first-order valence-corrected chi connectivity index (χ1v) is 7.86. The minimum absolute atomic E-state index is 0.0876. The van der Waals surface area contributed by atoms with Crippen LogP contribution >= 0.6 is 11.6 Å². The number of carbonyl (C=O) groups excluding carboxylic acids is 1. The van der Waals surface area contributed by atoms with Crippen molar-refractivity contribution in [2.45, 2.75) is 19.8 Å². The predicted molar refractivity (Wildman–Crippen MR) is 91.7 cm³/mol. The Bertz CT molecular complexity index is 672. The fourth-order valence-corrected chi connectivity index (χ4v) is 2.38. The van der Waals surface area contributed by atoms with Gasteiger partial charge in [0.1, 0.15) is 5.75 Å². The number of ketones is 1. The standard InChI is InChI=1S/C19H19ClO2/c1-2-14-3-5-15(6-4-14)7-9-18(21)16-8-10-19(22)17(13-16)11-12-20/h3-10,13,22H,2,11-12H2,1H3. The topological polar surface area (TPSA) is 37.3 Å². The fraction of sp³-hybridized carbons (Fsp3) is 0.211. The molecule has 0 radical (unpaired) electrons. The summed E-state index contributed by atoms with van der Waals surface area (Å²) in [5.74, 6) is 0.497. The van der Waals surface area contributed by atoms with Gasteiger partial charge in [-0.2, -0.15) is 0 Å². The zero-order valence-corrected chi connectivity index (χ0v) is 13.3. The lowest BCUT2D eigenvalue weighted by atomic mass is 10.0. The third-order valence-electron chi connectivity index (χ3n) is 3.54. The van der Waals surface area contributed by atoms with Crippen LogP contribution in [0.3, 0.4) is 0 Å². The summed E-state index contributed by atoms with van der Waals surface area (Å²) in [6.07, 6.45) is 4.89. The highest BCUT2D eigenvalue weighted by molar-refractivity contribution is 6.18. The van der Waals surface area contributed by atoms with Gasteiger partial charge in [-0.15, -0.1) is 11.6 Å². The second-order valence-electron chi connectivity index (χ2n) is 5.08. The molecule has 0 spiro atoms. The summed E-state index contributed by atoms with van der Waals surface area (Å²) in [7, 11) is 0. The molecule has 1 N–H and O–H groups in total. The molecule has 0 aromatic heterocycles. The maximum Gasteiger partial charge on any atom is 0.185 e. The Morgan fingerprint density at radius 2 is 1.91 bits per heavy atom. The molecule has 0 unspecified atom stereocenters. The Morgan fingerprint density at radius 1 is 1.18 bits per heavy atom. The summed E-state index contributed by atoms with van der Waals surface area (Å²) < 4.78 is 0. The molecule has 0 bridgehead atoms. The first kappa shape index (κ1) is 16.3. The zero-order chi connectivity index (χ0) is 15.9. The molecule has 0 fully saturated rings. The summed E-state index contributed by atoms with van der Waals surface area (Å²) in [6, 6.07) is 13.0.